The number of carboxylic acid groups (broad SMARTS) is 1. The molecule has 0 spiro atoms. The molecule has 0 aliphatic carbocycles. The lowest BCUT2D eigenvalue weighted by atomic mass is 10.1. The molecule has 6 heteroatoms. The number of aliphatic hydroxyl groups excluding tert-OH is 1. The molecule has 0 aliphatic heterocycles. The van der Waals surface area contributed by atoms with Gasteiger partial charge in [0, 0.05) is 5.56 Å². The topological polar surface area (TPSA) is 101 Å². The zero-order valence-electron chi connectivity index (χ0n) is 27.1. The van der Waals surface area contributed by atoms with Crippen LogP contribution in [0.15, 0.2) is 121 Å². The summed E-state index contributed by atoms with van der Waals surface area (Å²) in [4.78, 5) is 32.4. The third-order valence-corrected chi connectivity index (χ3v) is 6.41. The van der Waals surface area contributed by atoms with Crippen LogP contribution < -0.4 is 0 Å². The predicted octanol–water partition coefficient (Wildman–Crippen LogP) is 8.65. The van der Waals surface area contributed by atoms with Crippen molar-refractivity contribution in [2.75, 3.05) is 0 Å². The Morgan fingerprint density at radius 1 is 0.587 bits per heavy atom. The Bertz CT molecular complexity index is 1690. The van der Waals surface area contributed by atoms with Crippen molar-refractivity contribution in [3.8, 4) is 0 Å². The maximum atomic E-state index is 11.8. The van der Waals surface area contributed by atoms with E-state index in [1.165, 1.54) is 28.8 Å². The SMILES string of the molecule is Cc1cccc(C)c1.Cc1cccc(C=O)c1.Cc1cccc(COC(=O)c2cccc(C)c2)c1.O=C(O)c1cccc(CO)c1. The third-order valence-electron chi connectivity index (χ3n) is 6.41. The minimum atomic E-state index is -0.972. The summed E-state index contributed by atoms with van der Waals surface area (Å²) in [6.07, 6.45) is 0.854. The fraction of sp³-hybridized carbons (Fsp3) is 0.175. The van der Waals surface area contributed by atoms with E-state index in [0.29, 0.717) is 17.7 Å². The second kappa shape index (κ2) is 19.8. The summed E-state index contributed by atoms with van der Waals surface area (Å²) in [5, 5.41) is 17.2. The maximum Gasteiger partial charge on any atom is 0.338 e. The minimum Gasteiger partial charge on any atom is -0.478 e. The zero-order chi connectivity index (χ0) is 33.9. The second-order valence-electron chi connectivity index (χ2n) is 10.8. The summed E-state index contributed by atoms with van der Waals surface area (Å²) in [6, 6.07) is 37.5. The highest BCUT2D eigenvalue weighted by Crippen LogP contribution is 2.10. The van der Waals surface area contributed by atoms with Gasteiger partial charge in [-0.05, 0) is 76.1 Å². The van der Waals surface area contributed by atoms with E-state index in [4.69, 9.17) is 14.9 Å². The fourth-order valence-electron chi connectivity index (χ4n) is 4.16. The number of aldehydes is 1. The lowest BCUT2D eigenvalue weighted by molar-refractivity contribution is 0.0472. The van der Waals surface area contributed by atoms with Gasteiger partial charge in [-0.3, -0.25) is 4.79 Å². The minimum absolute atomic E-state index is 0.124. The molecule has 6 nitrogen and oxygen atoms in total. The van der Waals surface area contributed by atoms with E-state index >= 15 is 0 Å². The number of carbonyl (C=O) groups excluding carboxylic acids is 2. The largest absolute Gasteiger partial charge is 0.478 e. The van der Waals surface area contributed by atoms with Gasteiger partial charge < -0.3 is 14.9 Å². The smallest absolute Gasteiger partial charge is 0.338 e. The van der Waals surface area contributed by atoms with E-state index in [0.717, 1.165) is 28.5 Å². The first-order chi connectivity index (χ1) is 22.0. The quantitative estimate of drug-likeness (QED) is 0.146. The molecule has 0 radical (unpaired) electrons. The molecule has 0 bridgehead atoms. The molecular formula is C40H42O6. The molecule has 0 fully saturated rings. The molecule has 5 aromatic carbocycles. The van der Waals surface area contributed by atoms with Gasteiger partial charge in [0.05, 0.1) is 17.7 Å². The van der Waals surface area contributed by atoms with Crippen LogP contribution in [-0.2, 0) is 18.0 Å². The summed E-state index contributed by atoms with van der Waals surface area (Å²) in [5.41, 5.74) is 9.20. The van der Waals surface area contributed by atoms with Gasteiger partial charge in [-0.2, -0.15) is 0 Å². The number of carbonyl (C=O) groups is 3. The third kappa shape index (κ3) is 14.4. The Morgan fingerprint density at radius 2 is 1.07 bits per heavy atom. The van der Waals surface area contributed by atoms with Gasteiger partial charge in [-0.25, -0.2) is 9.59 Å². The first kappa shape index (κ1) is 36.9. The standard InChI is InChI=1S/C16H16O2.C8H8O3.C8H8O.C8H10/c1-12-5-3-7-14(9-12)11-18-16(17)15-8-4-6-13(2)10-15;9-5-6-2-1-3-7(4-6)8(10)11;1-7-3-2-4-8(5-7)6-9;1-7-4-3-5-8(2)6-7/h3-10H,11H2,1-2H3;1-4,9H,5H2,(H,10,11);2-6H,1H3;3-6H,1-2H3. The summed E-state index contributed by atoms with van der Waals surface area (Å²) >= 11 is 0. The maximum absolute atomic E-state index is 11.8. The van der Waals surface area contributed by atoms with Gasteiger partial charge in [0.25, 0.3) is 0 Å². The molecule has 0 atom stereocenters. The highest BCUT2D eigenvalue weighted by atomic mass is 16.5. The average molecular weight is 619 g/mol. The van der Waals surface area contributed by atoms with Crippen molar-refractivity contribution in [2.24, 2.45) is 0 Å². The Morgan fingerprint density at radius 3 is 1.54 bits per heavy atom. The van der Waals surface area contributed by atoms with Crippen LogP contribution in [0, 0.1) is 34.6 Å². The number of aryl methyl sites for hydroxylation is 5. The second-order valence-corrected chi connectivity index (χ2v) is 10.8. The fourth-order valence-corrected chi connectivity index (χ4v) is 4.16. The molecule has 0 unspecified atom stereocenters. The van der Waals surface area contributed by atoms with E-state index in [2.05, 4.69) is 38.1 Å². The number of hydrogen-bond donors (Lipinski definition) is 2. The van der Waals surface area contributed by atoms with E-state index in [9.17, 15) is 14.4 Å². The number of benzene rings is 5. The highest BCUT2D eigenvalue weighted by Gasteiger charge is 2.07. The molecule has 0 saturated carbocycles. The van der Waals surface area contributed by atoms with Crippen LogP contribution in [0.1, 0.15) is 70.0 Å². The van der Waals surface area contributed by atoms with Crippen LogP contribution in [0.2, 0.25) is 0 Å². The molecule has 2 N–H and O–H groups in total. The molecule has 5 aromatic rings. The number of aliphatic hydroxyl groups is 1. The lowest BCUT2D eigenvalue weighted by Gasteiger charge is -2.06. The van der Waals surface area contributed by atoms with Crippen LogP contribution in [0.5, 0.6) is 0 Å². The van der Waals surface area contributed by atoms with Crippen LogP contribution in [0.4, 0.5) is 0 Å². The van der Waals surface area contributed by atoms with Gasteiger partial charge in [-0.15, -0.1) is 0 Å². The van der Waals surface area contributed by atoms with Crippen molar-refractivity contribution in [1.29, 1.82) is 0 Å². The molecule has 0 heterocycles. The Balaban J connectivity index is 0.000000227. The van der Waals surface area contributed by atoms with Crippen molar-refractivity contribution in [3.63, 3.8) is 0 Å². The monoisotopic (exact) mass is 618 g/mol. The van der Waals surface area contributed by atoms with Crippen molar-refractivity contribution in [3.05, 3.63) is 177 Å². The van der Waals surface area contributed by atoms with Crippen molar-refractivity contribution < 1.29 is 29.3 Å². The number of aromatic carboxylic acids is 1. The molecule has 0 aliphatic rings. The Kier molecular flexibility index (Phi) is 15.9. The molecule has 0 aromatic heterocycles. The molecule has 5 rings (SSSR count). The van der Waals surface area contributed by atoms with Crippen molar-refractivity contribution >= 4 is 18.2 Å². The van der Waals surface area contributed by atoms with Crippen molar-refractivity contribution in [2.45, 2.75) is 47.8 Å². The summed E-state index contributed by atoms with van der Waals surface area (Å²) in [5.74, 6) is -1.25. The summed E-state index contributed by atoms with van der Waals surface area (Å²) < 4.78 is 5.29. The first-order valence-electron chi connectivity index (χ1n) is 14.8. The zero-order valence-corrected chi connectivity index (χ0v) is 27.1. The normalized spacial score (nSPS) is 9.61. The number of hydrogen-bond acceptors (Lipinski definition) is 5. The van der Waals surface area contributed by atoms with Gasteiger partial charge in [0.2, 0.25) is 0 Å². The van der Waals surface area contributed by atoms with Gasteiger partial charge >= 0.3 is 11.9 Å². The number of ether oxygens (including phenoxy) is 1. The van der Waals surface area contributed by atoms with E-state index in [-0.39, 0.29) is 18.1 Å². The van der Waals surface area contributed by atoms with Crippen molar-refractivity contribution in [1.82, 2.24) is 0 Å². The predicted molar refractivity (Wildman–Crippen MR) is 183 cm³/mol. The average Bonchev–Trinajstić information content (AvgIpc) is 3.04. The van der Waals surface area contributed by atoms with Crippen LogP contribution >= 0.6 is 0 Å². The summed E-state index contributed by atoms with van der Waals surface area (Å²) in [6.45, 7) is 10.3. The van der Waals surface area contributed by atoms with Crippen LogP contribution in [0.25, 0.3) is 0 Å². The van der Waals surface area contributed by atoms with E-state index in [1.54, 1.807) is 24.3 Å². The Hall–Kier alpha value is -5.33. The molecule has 46 heavy (non-hydrogen) atoms. The van der Waals surface area contributed by atoms with Gasteiger partial charge in [-0.1, -0.05) is 119 Å². The van der Waals surface area contributed by atoms with E-state index in [1.807, 2.05) is 81.4 Å². The van der Waals surface area contributed by atoms with Gasteiger partial charge in [0.15, 0.2) is 0 Å². The first-order valence-corrected chi connectivity index (χ1v) is 14.8. The summed E-state index contributed by atoms with van der Waals surface area (Å²) in [7, 11) is 0. The Labute approximate surface area is 272 Å². The van der Waals surface area contributed by atoms with E-state index < -0.39 is 5.97 Å². The van der Waals surface area contributed by atoms with Crippen LogP contribution in [0.3, 0.4) is 0 Å². The number of rotatable bonds is 6. The molecule has 0 amide bonds. The number of esters is 1. The molecule has 238 valence electrons. The lowest BCUT2D eigenvalue weighted by Crippen LogP contribution is -2.05. The highest BCUT2D eigenvalue weighted by molar-refractivity contribution is 5.89. The van der Waals surface area contributed by atoms with Gasteiger partial charge in [0.1, 0.15) is 12.9 Å². The molecular weight excluding hydrogens is 576 g/mol. The molecule has 0 saturated heterocycles. The van der Waals surface area contributed by atoms with Crippen LogP contribution in [-0.4, -0.2) is 28.4 Å². The number of carboxylic acids is 1.